The summed E-state index contributed by atoms with van der Waals surface area (Å²) in [6.45, 7) is 5.75. The number of amides is 1. The lowest BCUT2D eigenvalue weighted by Gasteiger charge is -2.31. The van der Waals surface area contributed by atoms with E-state index in [1.165, 1.54) is 0 Å². The molecule has 0 bridgehead atoms. The van der Waals surface area contributed by atoms with Crippen LogP contribution in [0.5, 0.6) is 11.5 Å². The molecule has 5 nitrogen and oxygen atoms in total. The first-order chi connectivity index (χ1) is 10.6. The summed E-state index contributed by atoms with van der Waals surface area (Å²) < 4.78 is 11.0. The maximum absolute atomic E-state index is 12.5. The van der Waals surface area contributed by atoms with Gasteiger partial charge in [-0.2, -0.15) is 0 Å². The quantitative estimate of drug-likeness (QED) is 0.794. The van der Waals surface area contributed by atoms with Crippen molar-refractivity contribution < 1.29 is 14.3 Å². The van der Waals surface area contributed by atoms with Gasteiger partial charge in [-0.15, -0.1) is 0 Å². The van der Waals surface area contributed by atoms with E-state index >= 15 is 0 Å². The molecule has 1 fully saturated rings. The van der Waals surface area contributed by atoms with E-state index in [1.54, 1.807) is 12.0 Å². The van der Waals surface area contributed by atoms with Gasteiger partial charge >= 0.3 is 0 Å². The molecule has 0 N–H and O–H groups in total. The van der Waals surface area contributed by atoms with E-state index in [4.69, 9.17) is 21.7 Å². The number of hydrogen-bond donors (Lipinski definition) is 0. The molecule has 2 aliphatic heterocycles. The van der Waals surface area contributed by atoms with E-state index in [1.807, 2.05) is 30.9 Å². The molecule has 118 valence electrons. The van der Waals surface area contributed by atoms with Crippen molar-refractivity contribution in [3.8, 4) is 11.5 Å². The molecule has 22 heavy (non-hydrogen) atoms. The average molecular weight is 320 g/mol. The number of carbonyl (C=O) groups excluding carboxylic acids is 1. The Morgan fingerprint density at radius 1 is 1.27 bits per heavy atom. The summed E-state index contributed by atoms with van der Waals surface area (Å²) >= 11 is 5.45. The van der Waals surface area contributed by atoms with Gasteiger partial charge in [-0.3, -0.25) is 9.69 Å². The first-order valence-corrected chi connectivity index (χ1v) is 7.96. The van der Waals surface area contributed by atoms with Gasteiger partial charge in [-0.25, -0.2) is 0 Å². The predicted molar refractivity (Wildman–Crippen MR) is 87.2 cm³/mol. The Bertz CT molecular complexity index is 632. The highest BCUT2D eigenvalue weighted by Gasteiger charge is 2.44. The highest BCUT2D eigenvalue weighted by Crippen LogP contribution is 2.37. The number of carbonyl (C=O) groups is 1. The molecule has 0 aliphatic carbocycles. The molecular weight excluding hydrogens is 300 g/mol. The summed E-state index contributed by atoms with van der Waals surface area (Å²) in [5.41, 5.74) is 2.28. The first kappa shape index (κ1) is 15.1. The van der Waals surface area contributed by atoms with Crippen LogP contribution >= 0.6 is 12.2 Å². The Labute approximate surface area is 135 Å². The number of nitrogens with zero attached hydrogens (tertiary/aromatic N) is 2. The topological polar surface area (TPSA) is 42.0 Å². The SMILES string of the molecule is CCOc1cc2c(cc1OC)CC1C(=O)N(CC)C(=S)N1C2. The summed E-state index contributed by atoms with van der Waals surface area (Å²) in [6.07, 6.45) is 0.660. The third-order valence-corrected chi connectivity index (χ3v) is 4.71. The smallest absolute Gasteiger partial charge is 0.251 e. The van der Waals surface area contributed by atoms with Crippen LogP contribution in [-0.4, -0.2) is 47.1 Å². The summed E-state index contributed by atoms with van der Waals surface area (Å²) in [7, 11) is 1.63. The number of rotatable bonds is 4. The molecule has 6 heteroatoms. The van der Waals surface area contributed by atoms with Gasteiger partial charge in [0.1, 0.15) is 6.04 Å². The van der Waals surface area contributed by atoms with Crippen molar-refractivity contribution in [1.82, 2.24) is 9.80 Å². The Morgan fingerprint density at radius 3 is 2.64 bits per heavy atom. The van der Waals surface area contributed by atoms with E-state index < -0.39 is 0 Å². The summed E-state index contributed by atoms with van der Waals surface area (Å²) in [6, 6.07) is 3.82. The number of likely N-dealkylation sites (N-methyl/N-ethyl adjacent to an activating group) is 1. The molecule has 1 saturated heterocycles. The lowest BCUT2D eigenvalue weighted by Crippen LogP contribution is -2.40. The molecule has 0 saturated carbocycles. The number of methoxy groups -OCH3 is 1. The van der Waals surface area contributed by atoms with Crippen molar-refractivity contribution in [3.63, 3.8) is 0 Å². The van der Waals surface area contributed by atoms with Crippen molar-refractivity contribution in [2.24, 2.45) is 0 Å². The molecule has 0 spiro atoms. The molecule has 3 rings (SSSR count). The lowest BCUT2D eigenvalue weighted by atomic mass is 9.94. The zero-order valence-electron chi connectivity index (χ0n) is 13.1. The van der Waals surface area contributed by atoms with Gasteiger partial charge in [-0.05, 0) is 49.3 Å². The maximum atomic E-state index is 12.5. The highest BCUT2D eigenvalue weighted by atomic mass is 32.1. The van der Waals surface area contributed by atoms with Crippen LogP contribution in [0.3, 0.4) is 0 Å². The van der Waals surface area contributed by atoms with Gasteiger partial charge in [0.2, 0.25) is 0 Å². The fourth-order valence-electron chi connectivity index (χ4n) is 3.16. The molecule has 1 atom stereocenters. The van der Waals surface area contributed by atoms with Gasteiger partial charge in [0.25, 0.3) is 5.91 Å². The normalized spacial score (nSPS) is 20.0. The summed E-state index contributed by atoms with van der Waals surface area (Å²) in [5, 5.41) is 0.636. The molecule has 2 heterocycles. The van der Waals surface area contributed by atoms with Gasteiger partial charge in [-0.1, -0.05) is 0 Å². The second kappa shape index (κ2) is 5.76. The van der Waals surface area contributed by atoms with Gasteiger partial charge in [0.15, 0.2) is 16.6 Å². The number of benzene rings is 1. The van der Waals surface area contributed by atoms with Crippen LogP contribution in [0.4, 0.5) is 0 Å². The molecule has 1 unspecified atom stereocenters. The molecule has 1 amide bonds. The van der Waals surface area contributed by atoms with Crippen molar-refractivity contribution in [2.45, 2.75) is 32.9 Å². The minimum Gasteiger partial charge on any atom is -0.493 e. The number of thiocarbonyl (C=S) groups is 1. The molecule has 1 aromatic rings. The number of ether oxygens (including phenoxy) is 2. The van der Waals surface area contributed by atoms with E-state index in [0.717, 1.165) is 22.6 Å². The Kier molecular flexibility index (Phi) is 3.95. The lowest BCUT2D eigenvalue weighted by molar-refractivity contribution is -0.128. The first-order valence-electron chi connectivity index (χ1n) is 7.55. The average Bonchev–Trinajstić information content (AvgIpc) is 2.75. The molecular formula is C16H20N2O3S. The minimum atomic E-state index is -0.178. The van der Waals surface area contributed by atoms with Crippen LogP contribution in [0.2, 0.25) is 0 Å². The van der Waals surface area contributed by atoms with Crippen LogP contribution in [-0.2, 0) is 17.8 Å². The zero-order valence-corrected chi connectivity index (χ0v) is 13.9. The highest BCUT2D eigenvalue weighted by molar-refractivity contribution is 7.80. The van der Waals surface area contributed by atoms with Crippen molar-refractivity contribution >= 4 is 23.2 Å². The Hall–Kier alpha value is -1.82. The van der Waals surface area contributed by atoms with E-state index in [-0.39, 0.29) is 11.9 Å². The summed E-state index contributed by atoms with van der Waals surface area (Å²) in [4.78, 5) is 16.2. The Morgan fingerprint density at radius 2 is 2.00 bits per heavy atom. The standard InChI is InChI=1S/C16H20N2O3S/c1-4-17-15(19)12-6-10-7-13(20-3)14(21-5-2)8-11(10)9-18(12)16(17)22/h7-8,12H,4-6,9H2,1-3H3. The zero-order chi connectivity index (χ0) is 15.9. The van der Waals surface area contributed by atoms with Gasteiger partial charge in [0, 0.05) is 19.5 Å². The van der Waals surface area contributed by atoms with Gasteiger partial charge in [0.05, 0.1) is 13.7 Å². The van der Waals surface area contributed by atoms with Crippen LogP contribution in [0.25, 0.3) is 0 Å². The largest absolute Gasteiger partial charge is 0.493 e. The van der Waals surface area contributed by atoms with Crippen LogP contribution < -0.4 is 9.47 Å². The number of hydrogen-bond acceptors (Lipinski definition) is 4. The van der Waals surface area contributed by atoms with Crippen molar-refractivity contribution in [2.75, 3.05) is 20.3 Å². The van der Waals surface area contributed by atoms with Gasteiger partial charge < -0.3 is 14.4 Å². The minimum absolute atomic E-state index is 0.103. The van der Waals surface area contributed by atoms with Crippen LogP contribution in [0, 0.1) is 0 Å². The third kappa shape index (κ3) is 2.22. The molecule has 1 aromatic carbocycles. The predicted octanol–water partition coefficient (Wildman–Crippen LogP) is 1.97. The van der Waals surface area contributed by atoms with Crippen LogP contribution in [0.1, 0.15) is 25.0 Å². The van der Waals surface area contributed by atoms with E-state index in [0.29, 0.717) is 31.2 Å². The van der Waals surface area contributed by atoms with Crippen molar-refractivity contribution in [1.29, 1.82) is 0 Å². The second-order valence-electron chi connectivity index (χ2n) is 5.42. The maximum Gasteiger partial charge on any atom is 0.251 e. The fourth-order valence-corrected chi connectivity index (χ4v) is 3.57. The second-order valence-corrected chi connectivity index (χ2v) is 5.78. The van der Waals surface area contributed by atoms with Crippen LogP contribution in [0.15, 0.2) is 12.1 Å². The molecule has 2 aliphatic rings. The Balaban J connectivity index is 1.97. The molecule has 0 aromatic heterocycles. The van der Waals surface area contributed by atoms with Crippen molar-refractivity contribution in [3.05, 3.63) is 23.3 Å². The number of fused-ring (bicyclic) bond motifs is 2. The van der Waals surface area contributed by atoms with E-state index in [9.17, 15) is 4.79 Å². The fraction of sp³-hybridized carbons (Fsp3) is 0.500. The third-order valence-electron chi connectivity index (χ3n) is 4.26. The monoisotopic (exact) mass is 320 g/mol. The molecule has 0 radical (unpaired) electrons. The summed E-state index contributed by atoms with van der Waals surface area (Å²) in [5.74, 6) is 1.56. The van der Waals surface area contributed by atoms with E-state index in [2.05, 4.69) is 0 Å².